The first-order chi connectivity index (χ1) is 17.2. The van der Waals surface area contributed by atoms with E-state index in [1.807, 2.05) is 18.2 Å². The molecule has 194 valence electrons. The molecule has 3 N–H and O–H groups in total. The van der Waals surface area contributed by atoms with Crippen LogP contribution in [0.2, 0.25) is 0 Å². The molecule has 0 heterocycles. The minimum Gasteiger partial charge on any atom is -0.482 e. The minimum absolute atomic E-state index is 0.0830. The number of rotatable bonds is 10. The van der Waals surface area contributed by atoms with Gasteiger partial charge in [-0.2, -0.15) is 0 Å². The number of para-hydroxylation sites is 1. The summed E-state index contributed by atoms with van der Waals surface area (Å²) < 4.78 is 20.7. The lowest BCUT2D eigenvalue weighted by atomic mass is 9.87. The Morgan fingerprint density at radius 1 is 1.22 bits per heavy atom. The van der Waals surface area contributed by atoms with Gasteiger partial charge in [-0.05, 0) is 64.9 Å². The van der Waals surface area contributed by atoms with Crippen LogP contribution in [-0.2, 0) is 16.0 Å². The van der Waals surface area contributed by atoms with Gasteiger partial charge in [0.15, 0.2) is 0 Å². The molecule has 0 saturated carbocycles. The molecule has 1 aliphatic carbocycles. The quantitative estimate of drug-likeness (QED) is 0.360. The molecule has 3 rings (SSSR count). The van der Waals surface area contributed by atoms with Crippen LogP contribution in [0.15, 0.2) is 60.2 Å². The molecular weight excluding hydrogens is 578 g/mol. The van der Waals surface area contributed by atoms with Gasteiger partial charge in [0.25, 0.3) is 0 Å². The second-order valence-corrected chi connectivity index (χ2v) is 10.2. The maximum atomic E-state index is 13.7. The third-order valence-corrected chi connectivity index (χ3v) is 6.91. The molecule has 0 saturated heterocycles. The zero-order valence-electron chi connectivity index (χ0n) is 20.4. The monoisotopic (exact) mass is 610 g/mol. The second kappa shape index (κ2) is 13.2. The predicted molar refractivity (Wildman–Crippen MR) is 143 cm³/mol. The van der Waals surface area contributed by atoms with Gasteiger partial charge in [-0.15, -0.1) is 0 Å². The zero-order valence-corrected chi connectivity index (χ0v) is 22.5. The van der Waals surface area contributed by atoms with Crippen molar-refractivity contribution in [3.8, 4) is 5.75 Å². The summed E-state index contributed by atoms with van der Waals surface area (Å²) in [4.78, 5) is 27.7. The molecule has 2 amide bonds. The normalized spacial score (nSPS) is 19.5. The van der Waals surface area contributed by atoms with Crippen LogP contribution in [-0.4, -0.2) is 64.9 Å². The lowest BCUT2D eigenvalue weighted by molar-refractivity contribution is -0.141. The van der Waals surface area contributed by atoms with Crippen molar-refractivity contribution in [2.24, 2.45) is 5.92 Å². The molecule has 0 fully saturated rings. The highest BCUT2D eigenvalue weighted by Gasteiger charge is 2.40. The van der Waals surface area contributed by atoms with Crippen LogP contribution in [0.1, 0.15) is 25.8 Å². The van der Waals surface area contributed by atoms with E-state index in [1.165, 1.54) is 12.1 Å². The minimum atomic E-state index is -1.11. The van der Waals surface area contributed by atoms with E-state index < -0.39 is 18.2 Å². The fourth-order valence-electron chi connectivity index (χ4n) is 4.18. The van der Waals surface area contributed by atoms with E-state index in [4.69, 9.17) is 9.84 Å². The average molecular weight is 610 g/mol. The van der Waals surface area contributed by atoms with Crippen molar-refractivity contribution in [2.45, 2.75) is 44.9 Å². The first-order valence-corrected chi connectivity index (χ1v) is 13.0. The van der Waals surface area contributed by atoms with Crippen molar-refractivity contribution in [2.75, 3.05) is 19.7 Å². The number of aliphatic hydroxyl groups is 2. The van der Waals surface area contributed by atoms with Gasteiger partial charge in [-0.3, -0.25) is 9.59 Å². The Balaban J connectivity index is 1.93. The number of carbonyl (C=O) groups excluding carboxylic acids is 2. The van der Waals surface area contributed by atoms with Gasteiger partial charge in [-0.1, -0.05) is 38.1 Å². The smallest absolute Gasteiger partial charge is 0.247 e. The summed E-state index contributed by atoms with van der Waals surface area (Å²) in [6, 6.07) is 12.8. The Morgan fingerprint density at radius 3 is 2.64 bits per heavy atom. The van der Waals surface area contributed by atoms with Crippen molar-refractivity contribution in [3.05, 3.63) is 75.1 Å². The maximum absolute atomic E-state index is 13.7. The lowest BCUT2D eigenvalue weighted by Gasteiger charge is -2.41. The number of carbonyl (C=O) groups is 2. The highest BCUT2D eigenvalue weighted by atomic mass is 127. The molecule has 2 aromatic rings. The molecule has 0 aromatic heterocycles. The molecule has 0 aliphatic heterocycles. The van der Waals surface area contributed by atoms with Gasteiger partial charge < -0.3 is 25.2 Å². The first kappa shape index (κ1) is 28.1. The third kappa shape index (κ3) is 7.27. The van der Waals surface area contributed by atoms with E-state index in [0.717, 1.165) is 9.13 Å². The molecular formula is C27H32FIN2O5. The number of hydrogen-bond acceptors (Lipinski definition) is 5. The average Bonchev–Trinajstić information content (AvgIpc) is 2.85. The largest absolute Gasteiger partial charge is 0.482 e. The van der Waals surface area contributed by atoms with Crippen LogP contribution >= 0.6 is 22.6 Å². The van der Waals surface area contributed by atoms with Gasteiger partial charge >= 0.3 is 0 Å². The van der Waals surface area contributed by atoms with Crippen LogP contribution in [0, 0.1) is 15.3 Å². The molecule has 3 atom stereocenters. The Labute approximate surface area is 224 Å². The zero-order chi connectivity index (χ0) is 26.2. The molecule has 2 aromatic carbocycles. The van der Waals surface area contributed by atoms with E-state index in [9.17, 15) is 19.1 Å². The number of benzene rings is 2. The standard InChI is InChI=1S/C27H32FIN2O5/c1-17(2)27(35)31(12-10-18-6-5-7-20(28)14-18)22-15-19(26(34)30-11-13-32)16-24(25(22)33)36-23-9-4-3-8-21(23)29/h3-9,14,16-17,22,24-25,32-33H,10-13,15H2,1-2H3,(H,30,34)/t22-,24+,25+/m1/s1. The van der Waals surface area contributed by atoms with E-state index in [-0.39, 0.29) is 49.7 Å². The number of nitrogens with zero attached hydrogens (tertiary/aromatic N) is 1. The summed E-state index contributed by atoms with van der Waals surface area (Å²) in [5, 5.41) is 23.2. The molecule has 0 bridgehead atoms. The molecule has 7 nitrogen and oxygen atoms in total. The van der Waals surface area contributed by atoms with Gasteiger partial charge in [0.2, 0.25) is 11.8 Å². The highest BCUT2D eigenvalue weighted by Crippen LogP contribution is 2.30. The van der Waals surface area contributed by atoms with Crippen LogP contribution in [0.5, 0.6) is 5.75 Å². The predicted octanol–water partition coefficient (Wildman–Crippen LogP) is 3.07. The number of halogens is 2. The first-order valence-electron chi connectivity index (χ1n) is 11.9. The molecule has 0 radical (unpaired) electrons. The molecule has 36 heavy (non-hydrogen) atoms. The van der Waals surface area contributed by atoms with Crippen molar-refractivity contribution >= 4 is 34.4 Å². The molecule has 9 heteroatoms. The Hall–Kier alpha value is -2.50. The Bertz CT molecular complexity index is 1090. The molecule has 1 aliphatic rings. The Morgan fingerprint density at radius 2 is 1.97 bits per heavy atom. The van der Waals surface area contributed by atoms with Gasteiger partial charge in [0, 0.05) is 31.0 Å². The summed E-state index contributed by atoms with van der Waals surface area (Å²) in [5.41, 5.74) is 1.09. The van der Waals surface area contributed by atoms with Gasteiger partial charge in [0.1, 0.15) is 23.8 Å². The van der Waals surface area contributed by atoms with E-state index in [0.29, 0.717) is 17.7 Å². The molecule has 0 spiro atoms. The highest BCUT2D eigenvalue weighted by molar-refractivity contribution is 14.1. The summed E-state index contributed by atoms with van der Waals surface area (Å²) in [6.45, 7) is 3.66. The van der Waals surface area contributed by atoms with E-state index in [2.05, 4.69) is 27.9 Å². The summed E-state index contributed by atoms with van der Waals surface area (Å²) >= 11 is 2.13. The lowest BCUT2D eigenvalue weighted by Crippen LogP contribution is -2.56. The number of ether oxygens (including phenoxy) is 1. The number of aliphatic hydroxyl groups excluding tert-OH is 2. The van der Waals surface area contributed by atoms with E-state index >= 15 is 0 Å². The topological polar surface area (TPSA) is 99.1 Å². The number of amides is 2. The summed E-state index contributed by atoms with van der Waals surface area (Å²) in [7, 11) is 0. The van der Waals surface area contributed by atoms with Crippen LogP contribution in [0.25, 0.3) is 0 Å². The maximum Gasteiger partial charge on any atom is 0.247 e. The number of nitrogens with one attached hydrogen (secondary N) is 1. The fourth-order valence-corrected chi connectivity index (χ4v) is 4.69. The van der Waals surface area contributed by atoms with Gasteiger partial charge in [-0.25, -0.2) is 4.39 Å². The number of hydrogen-bond donors (Lipinski definition) is 3. The van der Waals surface area contributed by atoms with Crippen molar-refractivity contribution in [1.82, 2.24) is 10.2 Å². The van der Waals surface area contributed by atoms with E-state index in [1.54, 1.807) is 43.0 Å². The van der Waals surface area contributed by atoms with Crippen LogP contribution in [0.4, 0.5) is 4.39 Å². The fraction of sp³-hybridized carbons (Fsp3) is 0.407. The Kier molecular flexibility index (Phi) is 10.3. The molecule has 0 unspecified atom stereocenters. The third-order valence-electron chi connectivity index (χ3n) is 6.02. The van der Waals surface area contributed by atoms with Crippen molar-refractivity contribution in [1.29, 1.82) is 0 Å². The van der Waals surface area contributed by atoms with Crippen LogP contribution in [0.3, 0.4) is 0 Å². The van der Waals surface area contributed by atoms with Crippen molar-refractivity contribution < 1.29 is 28.9 Å². The SMILES string of the molecule is CC(C)C(=O)N(CCc1cccc(F)c1)[C@@H]1CC(C(=O)NCCO)=C[C@H](Oc2ccccc2I)[C@H]1O. The summed E-state index contributed by atoms with van der Waals surface area (Å²) in [6.07, 6.45) is 0.0988. The van der Waals surface area contributed by atoms with Crippen molar-refractivity contribution in [3.63, 3.8) is 0 Å². The van der Waals surface area contributed by atoms with Gasteiger partial charge in [0.05, 0.1) is 16.2 Å². The summed E-state index contributed by atoms with van der Waals surface area (Å²) in [5.74, 6) is -0.726. The van der Waals surface area contributed by atoms with Crippen LogP contribution < -0.4 is 10.1 Å². The second-order valence-electron chi connectivity index (χ2n) is 9.01.